The number of nitrogens with one attached hydrogen (secondary N) is 1. The van der Waals surface area contributed by atoms with Crippen molar-refractivity contribution in [1.29, 1.82) is 0 Å². The molecule has 1 aromatic carbocycles. The molecule has 118 valence electrons. The van der Waals surface area contributed by atoms with E-state index in [-0.39, 0.29) is 17.7 Å². The molecule has 1 heterocycles. The van der Waals surface area contributed by atoms with E-state index in [0.717, 1.165) is 26.2 Å². The Hall–Kier alpha value is -1.02. The summed E-state index contributed by atoms with van der Waals surface area (Å²) in [6.07, 6.45) is -4.78. The molecular formula is C13H16ClF3N2O2. The Morgan fingerprint density at radius 1 is 1.33 bits per heavy atom. The van der Waals surface area contributed by atoms with Gasteiger partial charge in [0.15, 0.2) is 0 Å². The van der Waals surface area contributed by atoms with Crippen LogP contribution >= 0.6 is 11.6 Å². The van der Waals surface area contributed by atoms with Crippen molar-refractivity contribution in [2.45, 2.75) is 12.4 Å². The highest BCUT2D eigenvalue weighted by Crippen LogP contribution is 2.33. The molecule has 1 fully saturated rings. The minimum absolute atomic E-state index is 0.126. The summed E-state index contributed by atoms with van der Waals surface area (Å²) in [5.74, 6) is -0.440. The maximum atomic E-state index is 12.2. The maximum absolute atomic E-state index is 12.2. The molecule has 1 aliphatic heterocycles. The number of ether oxygens (including phenoxy) is 1. The lowest BCUT2D eigenvalue weighted by atomic mass is 10.0. The van der Waals surface area contributed by atoms with Crippen LogP contribution in [0.4, 0.5) is 13.2 Å². The zero-order chi connectivity index (χ0) is 15.5. The summed E-state index contributed by atoms with van der Waals surface area (Å²) >= 11 is 5.84. The van der Waals surface area contributed by atoms with Crippen molar-refractivity contribution in [2.24, 2.45) is 0 Å². The van der Waals surface area contributed by atoms with Crippen molar-refractivity contribution in [3.63, 3.8) is 0 Å². The van der Waals surface area contributed by atoms with Crippen molar-refractivity contribution in [2.75, 3.05) is 32.8 Å². The monoisotopic (exact) mass is 324 g/mol. The summed E-state index contributed by atoms with van der Waals surface area (Å²) in [6.45, 7) is 2.99. The first-order chi connectivity index (χ1) is 9.90. The molecule has 0 aliphatic carbocycles. The minimum atomic E-state index is -4.78. The molecule has 1 aliphatic rings. The van der Waals surface area contributed by atoms with Gasteiger partial charge >= 0.3 is 6.36 Å². The van der Waals surface area contributed by atoms with E-state index in [0.29, 0.717) is 5.56 Å². The lowest BCUT2D eigenvalue weighted by molar-refractivity contribution is -0.274. The normalized spacial score (nSPS) is 18.5. The summed E-state index contributed by atoms with van der Waals surface area (Å²) in [6, 6.07) is 3.79. The van der Waals surface area contributed by atoms with E-state index in [1.807, 2.05) is 0 Å². The molecule has 0 saturated carbocycles. The molecule has 1 aromatic rings. The van der Waals surface area contributed by atoms with E-state index < -0.39 is 12.1 Å². The van der Waals surface area contributed by atoms with Gasteiger partial charge in [0, 0.05) is 26.2 Å². The van der Waals surface area contributed by atoms with Gasteiger partial charge in [-0.2, -0.15) is 0 Å². The number of aliphatic hydroxyl groups is 1. The van der Waals surface area contributed by atoms with Crippen LogP contribution < -0.4 is 10.1 Å². The molecule has 2 N–H and O–H groups in total. The first kappa shape index (κ1) is 16.4. The zero-order valence-electron chi connectivity index (χ0n) is 11.2. The largest absolute Gasteiger partial charge is 0.573 e. The van der Waals surface area contributed by atoms with Gasteiger partial charge in [0.25, 0.3) is 0 Å². The molecule has 2 rings (SSSR count). The number of nitrogens with zero attached hydrogens (tertiary/aromatic N) is 1. The summed E-state index contributed by atoms with van der Waals surface area (Å²) < 4.78 is 40.4. The van der Waals surface area contributed by atoms with Gasteiger partial charge in [-0.25, -0.2) is 0 Å². The van der Waals surface area contributed by atoms with E-state index in [9.17, 15) is 18.3 Å². The van der Waals surface area contributed by atoms with Crippen molar-refractivity contribution >= 4 is 11.6 Å². The predicted octanol–water partition coefficient (Wildman–Crippen LogP) is 2.18. The minimum Gasteiger partial charge on any atom is -0.404 e. The molecule has 1 atom stereocenters. The molecule has 0 amide bonds. The van der Waals surface area contributed by atoms with Crippen molar-refractivity contribution in [3.05, 3.63) is 28.8 Å². The third-order valence-corrected chi connectivity index (χ3v) is 3.63. The second kappa shape index (κ2) is 6.83. The number of rotatable bonds is 4. The molecule has 1 saturated heterocycles. The second-order valence-corrected chi connectivity index (χ2v) is 5.13. The highest BCUT2D eigenvalue weighted by molar-refractivity contribution is 6.32. The fraction of sp³-hybridized carbons (Fsp3) is 0.538. The highest BCUT2D eigenvalue weighted by atomic mass is 35.5. The standard InChI is InChI=1S/C13H16ClF3N2O2/c14-10-7-9(1-2-12(10)21-13(15,16)17)11(8-20)19-5-3-18-4-6-19/h1-2,7,11,18,20H,3-6,8H2/t11-/m0/s1. The van der Waals surface area contributed by atoms with Crippen LogP contribution in [0.1, 0.15) is 11.6 Å². The van der Waals surface area contributed by atoms with Crippen LogP contribution in [-0.2, 0) is 0 Å². The van der Waals surface area contributed by atoms with E-state index in [2.05, 4.69) is 15.0 Å². The summed E-state index contributed by atoms with van der Waals surface area (Å²) in [7, 11) is 0. The molecule has 21 heavy (non-hydrogen) atoms. The molecule has 4 nitrogen and oxygen atoms in total. The third-order valence-electron chi connectivity index (χ3n) is 3.33. The van der Waals surface area contributed by atoms with Crippen LogP contribution in [0.25, 0.3) is 0 Å². The number of hydrogen-bond donors (Lipinski definition) is 2. The molecule has 0 radical (unpaired) electrons. The van der Waals surface area contributed by atoms with E-state index in [4.69, 9.17) is 11.6 Å². The lowest BCUT2D eigenvalue weighted by Crippen LogP contribution is -2.46. The van der Waals surface area contributed by atoms with Crippen LogP contribution in [0.3, 0.4) is 0 Å². The van der Waals surface area contributed by atoms with Crippen LogP contribution in [0, 0.1) is 0 Å². The Labute approximate surface area is 125 Å². The SMILES string of the molecule is OC[C@@H](c1ccc(OC(F)(F)F)c(Cl)c1)N1CCNCC1. The number of alkyl halides is 3. The molecular weight excluding hydrogens is 309 g/mol. The highest BCUT2D eigenvalue weighted by Gasteiger charge is 2.32. The molecule has 0 unspecified atom stereocenters. The molecule has 0 spiro atoms. The van der Waals surface area contributed by atoms with Gasteiger partial charge in [0.05, 0.1) is 17.7 Å². The Kier molecular flexibility index (Phi) is 5.32. The smallest absolute Gasteiger partial charge is 0.404 e. The number of benzene rings is 1. The maximum Gasteiger partial charge on any atom is 0.573 e. The lowest BCUT2D eigenvalue weighted by Gasteiger charge is -2.34. The first-order valence-electron chi connectivity index (χ1n) is 6.51. The molecule has 8 heteroatoms. The van der Waals surface area contributed by atoms with Gasteiger partial charge in [0.2, 0.25) is 0 Å². The van der Waals surface area contributed by atoms with Crippen LogP contribution in [0.2, 0.25) is 5.02 Å². The van der Waals surface area contributed by atoms with Gasteiger partial charge in [-0.05, 0) is 17.7 Å². The molecule has 0 aromatic heterocycles. The van der Waals surface area contributed by atoms with Gasteiger partial charge in [-0.15, -0.1) is 13.2 Å². The van der Waals surface area contributed by atoms with Crippen LogP contribution in [-0.4, -0.2) is 49.2 Å². The Morgan fingerprint density at radius 2 is 2.00 bits per heavy atom. The second-order valence-electron chi connectivity index (χ2n) is 4.72. The fourth-order valence-corrected chi connectivity index (χ4v) is 2.58. The van der Waals surface area contributed by atoms with E-state index >= 15 is 0 Å². The summed E-state index contributed by atoms with van der Waals surface area (Å²) in [4.78, 5) is 2.06. The van der Waals surface area contributed by atoms with Crippen LogP contribution in [0.15, 0.2) is 18.2 Å². The van der Waals surface area contributed by atoms with Crippen LogP contribution in [0.5, 0.6) is 5.75 Å². The van der Waals surface area contributed by atoms with E-state index in [1.165, 1.54) is 18.2 Å². The summed E-state index contributed by atoms with van der Waals surface area (Å²) in [5.41, 5.74) is 0.666. The third kappa shape index (κ3) is 4.47. The van der Waals surface area contributed by atoms with Crippen molar-refractivity contribution in [1.82, 2.24) is 10.2 Å². The first-order valence-corrected chi connectivity index (χ1v) is 6.89. The predicted molar refractivity (Wildman–Crippen MR) is 72.4 cm³/mol. The number of hydrogen-bond acceptors (Lipinski definition) is 4. The van der Waals surface area contributed by atoms with Gasteiger partial charge < -0.3 is 15.2 Å². The van der Waals surface area contributed by atoms with Gasteiger partial charge in [-0.3, -0.25) is 4.90 Å². The van der Waals surface area contributed by atoms with Gasteiger partial charge in [-0.1, -0.05) is 17.7 Å². The Bertz CT molecular complexity index is 479. The van der Waals surface area contributed by atoms with Gasteiger partial charge in [0.1, 0.15) is 5.75 Å². The average Bonchev–Trinajstić information content (AvgIpc) is 2.42. The Morgan fingerprint density at radius 3 is 2.52 bits per heavy atom. The topological polar surface area (TPSA) is 44.7 Å². The number of piperazine rings is 1. The summed E-state index contributed by atoms with van der Waals surface area (Å²) in [5, 5.41) is 12.6. The Balaban J connectivity index is 2.17. The number of halogens is 4. The molecule has 0 bridgehead atoms. The zero-order valence-corrected chi connectivity index (χ0v) is 11.9. The quantitative estimate of drug-likeness (QED) is 0.891. The fourth-order valence-electron chi connectivity index (χ4n) is 2.36. The van der Waals surface area contributed by atoms with E-state index in [1.54, 1.807) is 0 Å². The average molecular weight is 325 g/mol. The number of aliphatic hydroxyl groups excluding tert-OH is 1. The van der Waals surface area contributed by atoms with Crippen molar-refractivity contribution in [3.8, 4) is 5.75 Å². The van der Waals surface area contributed by atoms with Crippen molar-refractivity contribution < 1.29 is 23.0 Å².